The zero-order valence-corrected chi connectivity index (χ0v) is 20.4. The Morgan fingerprint density at radius 1 is 1.29 bits per heavy atom. The maximum Gasteiger partial charge on any atom is 0.303 e. The first-order valence-corrected chi connectivity index (χ1v) is 10.8. The van der Waals surface area contributed by atoms with E-state index in [-0.39, 0.29) is 17.2 Å². The van der Waals surface area contributed by atoms with Gasteiger partial charge in [0.1, 0.15) is 11.4 Å². The third kappa shape index (κ3) is 6.68. The molecular formula is C22H27ClN4O3S. The van der Waals surface area contributed by atoms with E-state index in [1.54, 1.807) is 18.2 Å². The van der Waals surface area contributed by atoms with E-state index in [4.69, 9.17) is 26.1 Å². The Balaban J connectivity index is 2.70. The first kappa shape index (κ1) is 24.6. The normalized spacial score (nSPS) is 13.1. The molecule has 0 bridgehead atoms. The van der Waals surface area contributed by atoms with Crippen LogP contribution in [0.25, 0.3) is 0 Å². The molecule has 0 radical (unpaired) electrons. The Kier molecular flexibility index (Phi) is 7.68. The highest BCUT2D eigenvalue weighted by Gasteiger charge is 2.25. The number of carbonyl (C=O) groups is 1. The van der Waals surface area contributed by atoms with Crippen molar-refractivity contribution in [3.05, 3.63) is 44.7 Å². The molecule has 0 fully saturated rings. The fourth-order valence-corrected chi connectivity index (χ4v) is 4.12. The highest BCUT2D eigenvalue weighted by Crippen LogP contribution is 2.27. The number of carbonyl (C=O) groups excluding carboxylic acids is 1. The van der Waals surface area contributed by atoms with E-state index < -0.39 is 5.60 Å². The van der Waals surface area contributed by atoms with E-state index in [0.29, 0.717) is 27.7 Å². The van der Waals surface area contributed by atoms with Gasteiger partial charge in [0.25, 0.3) is 0 Å². The summed E-state index contributed by atoms with van der Waals surface area (Å²) in [4.78, 5) is 21.8. The molecule has 0 aliphatic heterocycles. The van der Waals surface area contributed by atoms with Gasteiger partial charge in [0.15, 0.2) is 10.6 Å². The number of nitrogens with zero attached hydrogens (tertiary/aromatic N) is 4. The van der Waals surface area contributed by atoms with Crippen LogP contribution in [0, 0.1) is 11.5 Å². The van der Waals surface area contributed by atoms with E-state index in [9.17, 15) is 10.1 Å². The maximum atomic E-state index is 11.5. The molecule has 0 aliphatic rings. The summed E-state index contributed by atoms with van der Waals surface area (Å²) in [5.41, 5.74) is -0.364. The van der Waals surface area contributed by atoms with Crippen molar-refractivity contribution < 1.29 is 14.3 Å². The number of hydrogen-bond acceptors (Lipinski definition) is 6. The number of hydrogen-bond donors (Lipinski definition) is 0. The number of ether oxygens (including phenoxy) is 2. The largest absolute Gasteiger partial charge is 0.496 e. The highest BCUT2D eigenvalue weighted by molar-refractivity contribution is 7.09. The number of nitriles is 1. The van der Waals surface area contributed by atoms with Crippen LogP contribution in [0.2, 0.25) is 5.02 Å². The number of thiazole rings is 1. The fourth-order valence-electron chi connectivity index (χ4n) is 2.90. The molecule has 1 heterocycles. The van der Waals surface area contributed by atoms with Gasteiger partial charge in [-0.25, -0.2) is 0 Å². The molecule has 7 nitrogen and oxygen atoms in total. The molecule has 31 heavy (non-hydrogen) atoms. The summed E-state index contributed by atoms with van der Waals surface area (Å²) in [7, 11) is 1.53. The SMILES string of the molecule is COc1ccc(Cl)cc1C(=NC#N)N=c1sc(C(C)(C)C)cn1CC(C)(C)OC(C)=O. The van der Waals surface area contributed by atoms with Crippen molar-refractivity contribution in [2.75, 3.05) is 7.11 Å². The standard InChI is InChI=1S/C22H27ClN4O3S/c1-14(28)30-22(5,6)12-27-11-18(21(2,3)4)31-20(27)26-19(25-13-24)16-10-15(23)8-9-17(16)29-7/h8-11H,12H2,1-7H3. The molecule has 0 saturated carbocycles. The molecule has 0 amide bonds. The number of aromatic nitrogens is 1. The van der Waals surface area contributed by atoms with Crippen LogP contribution in [0.4, 0.5) is 0 Å². The Hall–Kier alpha value is -2.63. The van der Waals surface area contributed by atoms with Crippen molar-refractivity contribution in [1.29, 1.82) is 5.26 Å². The van der Waals surface area contributed by atoms with Crippen LogP contribution in [0.15, 0.2) is 34.4 Å². The second-order valence-electron chi connectivity index (χ2n) is 8.60. The Morgan fingerprint density at radius 2 is 1.97 bits per heavy atom. The molecule has 0 aliphatic carbocycles. The maximum absolute atomic E-state index is 11.5. The van der Waals surface area contributed by atoms with Gasteiger partial charge in [0, 0.05) is 23.0 Å². The second-order valence-corrected chi connectivity index (χ2v) is 10.0. The average Bonchev–Trinajstić information content (AvgIpc) is 3.02. The van der Waals surface area contributed by atoms with Crippen molar-refractivity contribution in [3.8, 4) is 11.9 Å². The van der Waals surface area contributed by atoms with Crippen LogP contribution < -0.4 is 9.54 Å². The van der Waals surface area contributed by atoms with Crippen LogP contribution >= 0.6 is 22.9 Å². The molecule has 0 saturated heterocycles. The van der Waals surface area contributed by atoms with Crippen molar-refractivity contribution in [2.24, 2.45) is 9.98 Å². The minimum Gasteiger partial charge on any atom is -0.496 e. The zero-order valence-electron chi connectivity index (χ0n) is 18.8. The van der Waals surface area contributed by atoms with Crippen LogP contribution in [-0.2, 0) is 21.5 Å². The lowest BCUT2D eigenvalue weighted by atomic mass is 9.95. The second kappa shape index (κ2) is 9.67. The Labute approximate surface area is 191 Å². The molecule has 0 unspecified atom stereocenters. The highest BCUT2D eigenvalue weighted by atomic mass is 35.5. The molecule has 1 aromatic heterocycles. The molecule has 166 valence electrons. The quantitative estimate of drug-likeness (QED) is 0.279. The third-order valence-electron chi connectivity index (χ3n) is 4.19. The smallest absolute Gasteiger partial charge is 0.303 e. The topological polar surface area (TPSA) is 89.0 Å². The number of benzene rings is 1. The Bertz CT molecular complexity index is 1100. The van der Waals surface area contributed by atoms with Crippen LogP contribution in [-0.4, -0.2) is 29.1 Å². The summed E-state index contributed by atoms with van der Waals surface area (Å²) < 4.78 is 12.8. The number of aliphatic imine (C=N–C) groups is 1. The van der Waals surface area contributed by atoms with Gasteiger partial charge >= 0.3 is 5.97 Å². The minimum absolute atomic E-state index is 0.119. The lowest BCUT2D eigenvalue weighted by Gasteiger charge is -2.25. The summed E-state index contributed by atoms with van der Waals surface area (Å²) in [5.74, 6) is 0.329. The van der Waals surface area contributed by atoms with Crippen LogP contribution in [0.1, 0.15) is 52.0 Å². The molecule has 2 aromatic rings. The summed E-state index contributed by atoms with van der Waals surface area (Å²) in [6.45, 7) is 11.8. The summed E-state index contributed by atoms with van der Waals surface area (Å²) in [5, 5.41) is 9.74. The fraction of sp³-hybridized carbons (Fsp3) is 0.455. The van der Waals surface area contributed by atoms with Crippen molar-refractivity contribution in [1.82, 2.24) is 4.57 Å². The van der Waals surface area contributed by atoms with Crippen molar-refractivity contribution >= 4 is 34.7 Å². The lowest BCUT2D eigenvalue weighted by molar-refractivity contribution is -0.154. The van der Waals surface area contributed by atoms with Gasteiger partial charge in [0.05, 0.1) is 19.2 Å². The summed E-state index contributed by atoms with van der Waals surface area (Å²) >= 11 is 7.65. The first-order valence-electron chi connectivity index (χ1n) is 9.62. The molecule has 0 N–H and O–H groups in total. The van der Waals surface area contributed by atoms with Gasteiger partial charge in [-0.1, -0.05) is 32.4 Å². The first-order chi connectivity index (χ1) is 14.4. The average molecular weight is 463 g/mol. The van der Waals surface area contributed by atoms with Crippen LogP contribution in [0.3, 0.4) is 0 Å². The predicted molar refractivity (Wildman–Crippen MR) is 123 cm³/mol. The number of esters is 1. The van der Waals surface area contributed by atoms with E-state index in [2.05, 4.69) is 25.8 Å². The van der Waals surface area contributed by atoms with E-state index in [0.717, 1.165) is 4.88 Å². The molecule has 0 spiro atoms. The third-order valence-corrected chi connectivity index (χ3v) is 5.87. The molecule has 1 aromatic carbocycles. The number of amidine groups is 1. The number of methoxy groups -OCH3 is 1. The van der Waals surface area contributed by atoms with Crippen molar-refractivity contribution in [3.63, 3.8) is 0 Å². The van der Waals surface area contributed by atoms with E-state index >= 15 is 0 Å². The predicted octanol–water partition coefficient (Wildman–Crippen LogP) is 4.68. The minimum atomic E-state index is -0.753. The van der Waals surface area contributed by atoms with Gasteiger partial charge in [-0.15, -0.1) is 11.3 Å². The molecule has 0 atom stereocenters. The van der Waals surface area contributed by atoms with Gasteiger partial charge in [0.2, 0.25) is 6.19 Å². The monoisotopic (exact) mass is 462 g/mol. The van der Waals surface area contributed by atoms with E-state index in [1.165, 1.54) is 25.4 Å². The van der Waals surface area contributed by atoms with Gasteiger partial charge < -0.3 is 14.0 Å². The molecular weight excluding hydrogens is 436 g/mol. The lowest BCUT2D eigenvalue weighted by Crippen LogP contribution is -2.35. The van der Waals surface area contributed by atoms with Gasteiger partial charge in [-0.05, 0) is 37.5 Å². The Morgan fingerprint density at radius 3 is 2.52 bits per heavy atom. The van der Waals surface area contributed by atoms with Crippen LogP contribution in [0.5, 0.6) is 5.75 Å². The summed E-state index contributed by atoms with van der Waals surface area (Å²) in [6, 6.07) is 5.05. The van der Waals surface area contributed by atoms with E-state index in [1.807, 2.05) is 30.8 Å². The molecule has 9 heteroatoms. The zero-order chi connectivity index (χ0) is 23.4. The van der Waals surface area contributed by atoms with Gasteiger partial charge in [-0.3, -0.25) is 4.79 Å². The number of rotatable bonds is 5. The number of halogens is 1. The van der Waals surface area contributed by atoms with Gasteiger partial charge in [-0.2, -0.15) is 15.2 Å². The summed E-state index contributed by atoms with van der Waals surface area (Å²) in [6.07, 6.45) is 3.80. The van der Waals surface area contributed by atoms with Crippen molar-refractivity contribution in [2.45, 2.75) is 59.1 Å². The molecule has 2 rings (SSSR count).